The first-order valence-electron chi connectivity index (χ1n) is 8.95. The Morgan fingerprint density at radius 1 is 0.565 bits per heavy atom. The highest BCUT2D eigenvalue weighted by Crippen LogP contribution is 2.00. The maximum absolute atomic E-state index is 11.5. The van der Waals surface area contributed by atoms with Gasteiger partial charge in [-0.05, 0) is 44.9 Å². The summed E-state index contributed by atoms with van der Waals surface area (Å²) in [4.78, 5) is 23.0. The van der Waals surface area contributed by atoms with Crippen molar-refractivity contribution in [3.63, 3.8) is 0 Å². The predicted molar refractivity (Wildman–Crippen MR) is 91.0 cm³/mol. The largest absolute Gasteiger partial charge is 0.396 e. The lowest BCUT2D eigenvalue weighted by Gasteiger charge is -2.06. The van der Waals surface area contributed by atoms with Gasteiger partial charge in [-0.1, -0.05) is 12.8 Å². The molecule has 23 heavy (non-hydrogen) atoms. The number of nitrogens with one attached hydrogen (secondary N) is 2. The zero-order valence-electron chi connectivity index (χ0n) is 14.3. The molecule has 0 saturated heterocycles. The van der Waals surface area contributed by atoms with Crippen molar-refractivity contribution in [1.82, 2.24) is 10.6 Å². The van der Waals surface area contributed by atoms with Gasteiger partial charge in [0, 0.05) is 39.1 Å². The molecule has 0 aliphatic heterocycles. The van der Waals surface area contributed by atoms with Gasteiger partial charge in [-0.25, -0.2) is 0 Å². The van der Waals surface area contributed by atoms with Gasteiger partial charge in [0.1, 0.15) is 0 Å². The van der Waals surface area contributed by atoms with E-state index in [2.05, 4.69) is 10.6 Å². The van der Waals surface area contributed by atoms with Crippen LogP contribution in [0.5, 0.6) is 0 Å². The van der Waals surface area contributed by atoms with Crippen LogP contribution in [0.2, 0.25) is 0 Å². The molecule has 2 amide bonds. The Morgan fingerprint density at radius 3 is 1.35 bits per heavy atom. The van der Waals surface area contributed by atoms with Crippen LogP contribution in [0.15, 0.2) is 0 Å². The number of rotatable bonds is 16. The fraction of sp³-hybridized carbons (Fsp3) is 0.882. The molecular weight excluding hydrogens is 296 g/mol. The van der Waals surface area contributed by atoms with Gasteiger partial charge in [0.25, 0.3) is 0 Å². The van der Waals surface area contributed by atoms with Crippen molar-refractivity contribution in [3.05, 3.63) is 0 Å². The first kappa shape index (κ1) is 21.9. The Kier molecular flexibility index (Phi) is 16.4. The second-order valence-electron chi connectivity index (χ2n) is 5.83. The molecule has 4 N–H and O–H groups in total. The molecule has 0 spiro atoms. The molecule has 0 bridgehead atoms. The van der Waals surface area contributed by atoms with E-state index in [0.717, 1.165) is 57.8 Å². The highest BCUT2D eigenvalue weighted by molar-refractivity contribution is 5.76. The molecule has 0 saturated carbocycles. The molecule has 6 nitrogen and oxygen atoms in total. The molecule has 0 heterocycles. The molecule has 0 aliphatic carbocycles. The van der Waals surface area contributed by atoms with Gasteiger partial charge >= 0.3 is 0 Å². The maximum Gasteiger partial charge on any atom is 0.219 e. The van der Waals surface area contributed by atoms with Gasteiger partial charge in [-0.3, -0.25) is 9.59 Å². The molecule has 0 fully saturated rings. The normalized spacial score (nSPS) is 10.5. The summed E-state index contributed by atoms with van der Waals surface area (Å²) >= 11 is 0. The number of hydrogen-bond donors (Lipinski definition) is 4. The Morgan fingerprint density at radius 2 is 0.957 bits per heavy atom. The minimum atomic E-state index is 0.0825. The molecule has 0 aromatic carbocycles. The van der Waals surface area contributed by atoms with E-state index in [0.29, 0.717) is 25.9 Å². The summed E-state index contributed by atoms with van der Waals surface area (Å²) < 4.78 is 0. The average Bonchev–Trinajstić information content (AvgIpc) is 2.54. The molecule has 0 rings (SSSR count). The lowest BCUT2D eigenvalue weighted by molar-refractivity contribution is -0.121. The van der Waals surface area contributed by atoms with Crippen molar-refractivity contribution in [3.8, 4) is 0 Å². The number of aliphatic hydroxyl groups is 2. The Labute approximate surface area is 140 Å². The number of unbranched alkanes of at least 4 members (excludes halogenated alkanes) is 6. The second-order valence-corrected chi connectivity index (χ2v) is 5.83. The molecule has 0 atom stereocenters. The lowest BCUT2D eigenvalue weighted by atomic mass is 10.2. The minimum Gasteiger partial charge on any atom is -0.396 e. The van der Waals surface area contributed by atoms with Gasteiger partial charge in [-0.2, -0.15) is 0 Å². The fourth-order valence-electron chi connectivity index (χ4n) is 2.21. The van der Waals surface area contributed by atoms with Crippen molar-refractivity contribution >= 4 is 11.8 Å². The van der Waals surface area contributed by atoms with Crippen molar-refractivity contribution in [1.29, 1.82) is 0 Å². The standard InChI is InChI=1S/C17H34N2O4/c20-14-8-1-4-10-16(22)18-12-6-3-7-13-19-17(23)11-5-2-9-15-21/h20-21H,1-15H2,(H,18,22)(H,19,23). The number of hydrogen-bond acceptors (Lipinski definition) is 4. The lowest BCUT2D eigenvalue weighted by Crippen LogP contribution is -2.25. The van der Waals surface area contributed by atoms with Gasteiger partial charge in [-0.15, -0.1) is 0 Å². The molecule has 0 aromatic heterocycles. The van der Waals surface area contributed by atoms with Gasteiger partial charge in [0.15, 0.2) is 0 Å². The Hall–Kier alpha value is -1.14. The summed E-state index contributed by atoms with van der Waals surface area (Å²) in [5.74, 6) is 0.165. The van der Waals surface area contributed by atoms with E-state index in [4.69, 9.17) is 10.2 Å². The zero-order chi connectivity index (χ0) is 17.2. The smallest absolute Gasteiger partial charge is 0.219 e. The van der Waals surface area contributed by atoms with E-state index in [1.54, 1.807) is 0 Å². The molecular formula is C17H34N2O4. The third-order valence-electron chi connectivity index (χ3n) is 3.62. The van der Waals surface area contributed by atoms with Crippen LogP contribution in [-0.2, 0) is 9.59 Å². The first-order chi connectivity index (χ1) is 11.2. The van der Waals surface area contributed by atoms with Crippen LogP contribution in [0.1, 0.15) is 70.6 Å². The van der Waals surface area contributed by atoms with E-state index in [-0.39, 0.29) is 25.0 Å². The summed E-state index contributed by atoms with van der Waals surface area (Å²) in [6.07, 6.45) is 8.87. The van der Waals surface area contributed by atoms with Crippen molar-refractivity contribution in [2.75, 3.05) is 26.3 Å². The number of aliphatic hydroxyl groups excluding tert-OH is 2. The predicted octanol–water partition coefficient (Wildman–Crippen LogP) is 1.49. The Bertz CT molecular complexity index is 270. The van der Waals surface area contributed by atoms with Crippen LogP contribution in [0, 0.1) is 0 Å². The van der Waals surface area contributed by atoms with E-state index < -0.39 is 0 Å². The highest BCUT2D eigenvalue weighted by atomic mass is 16.3. The maximum atomic E-state index is 11.5. The van der Waals surface area contributed by atoms with Crippen molar-refractivity contribution in [2.24, 2.45) is 0 Å². The van der Waals surface area contributed by atoms with Crippen LogP contribution in [0.3, 0.4) is 0 Å². The fourth-order valence-corrected chi connectivity index (χ4v) is 2.21. The van der Waals surface area contributed by atoms with Gasteiger partial charge in [0.2, 0.25) is 11.8 Å². The minimum absolute atomic E-state index is 0.0825. The first-order valence-corrected chi connectivity index (χ1v) is 8.95. The van der Waals surface area contributed by atoms with Crippen LogP contribution in [-0.4, -0.2) is 48.3 Å². The molecule has 136 valence electrons. The van der Waals surface area contributed by atoms with Crippen LogP contribution >= 0.6 is 0 Å². The summed E-state index contributed by atoms with van der Waals surface area (Å²) in [5.41, 5.74) is 0. The summed E-state index contributed by atoms with van der Waals surface area (Å²) in [5, 5.41) is 23.1. The average molecular weight is 330 g/mol. The Balaban J connectivity index is 3.26. The zero-order valence-corrected chi connectivity index (χ0v) is 14.3. The number of amides is 2. The third kappa shape index (κ3) is 17.1. The van der Waals surface area contributed by atoms with E-state index >= 15 is 0 Å². The molecule has 6 heteroatoms. The third-order valence-corrected chi connectivity index (χ3v) is 3.62. The monoisotopic (exact) mass is 330 g/mol. The molecule has 0 radical (unpaired) electrons. The van der Waals surface area contributed by atoms with E-state index in [1.165, 1.54) is 0 Å². The van der Waals surface area contributed by atoms with Crippen LogP contribution in [0.25, 0.3) is 0 Å². The second kappa shape index (κ2) is 17.2. The molecule has 0 aliphatic rings. The quantitative estimate of drug-likeness (QED) is 0.322. The van der Waals surface area contributed by atoms with Crippen LogP contribution < -0.4 is 10.6 Å². The number of carbonyl (C=O) groups excluding carboxylic acids is 2. The topological polar surface area (TPSA) is 98.7 Å². The summed E-state index contributed by atoms with van der Waals surface area (Å²) in [7, 11) is 0. The molecule has 0 aromatic rings. The van der Waals surface area contributed by atoms with Crippen molar-refractivity contribution in [2.45, 2.75) is 70.6 Å². The van der Waals surface area contributed by atoms with Crippen LogP contribution in [0.4, 0.5) is 0 Å². The molecule has 0 unspecified atom stereocenters. The summed E-state index contributed by atoms with van der Waals surface area (Å²) in [6.45, 7) is 1.77. The highest BCUT2D eigenvalue weighted by Gasteiger charge is 2.01. The van der Waals surface area contributed by atoms with Gasteiger partial charge < -0.3 is 20.8 Å². The van der Waals surface area contributed by atoms with Gasteiger partial charge in [0.05, 0.1) is 0 Å². The summed E-state index contributed by atoms with van der Waals surface area (Å²) in [6, 6.07) is 0. The number of carbonyl (C=O) groups is 2. The van der Waals surface area contributed by atoms with E-state index in [9.17, 15) is 9.59 Å². The SMILES string of the molecule is O=C(CCCCCO)NCCCCCNC(=O)CCCCCO. The van der Waals surface area contributed by atoms with E-state index in [1.807, 2.05) is 0 Å². The van der Waals surface area contributed by atoms with Crippen molar-refractivity contribution < 1.29 is 19.8 Å².